The number of aromatic hydroxyl groups is 1. The summed E-state index contributed by atoms with van der Waals surface area (Å²) in [6.07, 6.45) is 1.60. The maximum atomic E-state index is 12.0. The zero-order valence-corrected chi connectivity index (χ0v) is 11.6. The highest BCUT2D eigenvalue weighted by Crippen LogP contribution is 2.33. The molecule has 2 amide bonds. The van der Waals surface area contributed by atoms with Crippen molar-refractivity contribution in [2.75, 3.05) is 4.90 Å². The Morgan fingerprint density at radius 3 is 2.11 bits per heavy atom. The van der Waals surface area contributed by atoms with E-state index >= 15 is 0 Å². The second-order valence-corrected chi connectivity index (χ2v) is 4.99. The van der Waals surface area contributed by atoms with Crippen molar-refractivity contribution in [3.05, 3.63) is 23.3 Å². The Labute approximate surface area is 113 Å². The first-order chi connectivity index (χ1) is 8.99. The molecule has 4 nitrogen and oxygen atoms in total. The van der Waals surface area contributed by atoms with Crippen molar-refractivity contribution in [1.82, 2.24) is 0 Å². The number of nitrogens with zero attached hydrogens (tertiary/aromatic N) is 1. The van der Waals surface area contributed by atoms with Crippen LogP contribution in [0.5, 0.6) is 5.75 Å². The third-order valence-corrected chi connectivity index (χ3v) is 3.64. The Balaban J connectivity index is 2.51. The molecule has 0 aliphatic carbocycles. The third kappa shape index (κ3) is 2.23. The van der Waals surface area contributed by atoms with Crippen LogP contribution in [-0.4, -0.2) is 16.9 Å². The predicted molar refractivity (Wildman–Crippen MR) is 73.1 cm³/mol. The van der Waals surface area contributed by atoms with Gasteiger partial charge in [-0.05, 0) is 36.1 Å². The lowest BCUT2D eigenvalue weighted by Crippen LogP contribution is -2.30. The fourth-order valence-corrected chi connectivity index (χ4v) is 2.46. The summed E-state index contributed by atoms with van der Waals surface area (Å²) in [7, 11) is 0. The van der Waals surface area contributed by atoms with Crippen LogP contribution in [-0.2, 0) is 22.4 Å². The zero-order valence-electron chi connectivity index (χ0n) is 11.6. The second-order valence-electron chi connectivity index (χ2n) is 4.99. The SMILES string of the molecule is CCc1cc(N2C(=O)CC(C)C2=O)cc(CC)c1O. The summed E-state index contributed by atoms with van der Waals surface area (Å²) in [4.78, 5) is 25.2. The molecule has 0 spiro atoms. The van der Waals surface area contributed by atoms with Gasteiger partial charge in [0.1, 0.15) is 5.75 Å². The minimum Gasteiger partial charge on any atom is -0.507 e. The van der Waals surface area contributed by atoms with Crippen LogP contribution in [0.1, 0.15) is 38.3 Å². The average Bonchev–Trinajstić information content (AvgIpc) is 2.64. The molecule has 19 heavy (non-hydrogen) atoms. The van der Waals surface area contributed by atoms with Gasteiger partial charge in [-0.15, -0.1) is 0 Å². The number of carbonyl (C=O) groups is 2. The van der Waals surface area contributed by atoms with Crippen LogP contribution < -0.4 is 4.90 Å². The topological polar surface area (TPSA) is 57.6 Å². The highest BCUT2D eigenvalue weighted by atomic mass is 16.3. The molecule has 1 aromatic carbocycles. The number of carbonyl (C=O) groups excluding carboxylic acids is 2. The Morgan fingerprint density at radius 2 is 1.74 bits per heavy atom. The number of hydrogen-bond acceptors (Lipinski definition) is 3. The molecule has 0 bridgehead atoms. The van der Waals surface area contributed by atoms with E-state index in [1.165, 1.54) is 4.90 Å². The van der Waals surface area contributed by atoms with Gasteiger partial charge in [0.05, 0.1) is 5.69 Å². The van der Waals surface area contributed by atoms with Crippen LogP contribution >= 0.6 is 0 Å². The van der Waals surface area contributed by atoms with Crippen LogP contribution in [0.2, 0.25) is 0 Å². The number of rotatable bonds is 3. The lowest BCUT2D eigenvalue weighted by Gasteiger charge is -2.18. The number of imide groups is 1. The molecule has 1 aliphatic rings. The second kappa shape index (κ2) is 5.03. The first kappa shape index (κ1) is 13.6. The quantitative estimate of drug-likeness (QED) is 0.850. The minimum atomic E-state index is -0.253. The first-order valence-electron chi connectivity index (χ1n) is 6.71. The lowest BCUT2D eigenvalue weighted by atomic mass is 10.0. The maximum absolute atomic E-state index is 12.0. The number of anilines is 1. The standard InChI is InChI=1S/C15H19NO3/c1-4-10-7-12(8-11(5-2)14(10)18)16-13(17)6-9(3)15(16)19/h7-9,18H,4-6H2,1-3H3. The molecule has 1 atom stereocenters. The molecule has 0 saturated carbocycles. The summed E-state index contributed by atoms with van der Waals surface area (Å²) >= 11 is 0. The summed E-state index contributed by atoms with van der Waals surface area (Å²) < 4.78 is 0. The van der Waals surface area contributed by atoms with Crippen molar-refractivity contribution in [3.63, 3.8) is 0 Å². The highest BCUT2D eigenvalue weighted by molar-refractivity contribution is 6.20. The van der Waals surface area contributed by atoms with E-state index in [-0.39, 0.29) is 29.9 Å². The smallest absolute Gasteiger partial charge is 0.237 e. The average molecular weight is 261 g/mol. The first-order valence-corrected chi connectivity index (χ1v) is 6.71. The predicted octanol–water partition coefficient (Wildman–Crippen LogP) is 2.42. The number of hydrogen-bond donors (Lipinski definition) is 1. The van der Waals surface area contributed by atoms with Crippen LogP contribution in [0.4, 0.5) is 5.69 Å². The number of aryl methyl sites for hydroxylation is 2. The Hall–Kier alpha value is -1.84. The molecule has 1 unspecified atom stereocenters. The van der Waals surface area contributed by atoms with Crippen molar-refractivity contribution in [1.29, 1.82) is 0 Å². The van der Waals surface area contributed by atoms with Crippen molar-refractivity contribution in [3.8, 4) is 5.75 Å². The van der Waals surface area contributed by atoms with Gasteiger partial charge >= 0.3 is 0 Å². The van der Waals surface area contributed by atoms with Crippen molar-refractivity contribution in [2.24, 2.45) is 5.92 Å². The van der Waals surface area contributed by atoms with Gasteiger partial charge in [-0.25, -0.2) is 0 Å². The molecule has 2 rings (SSSR count). The Bertz CT molecular complexity index is 511. The number of phenolic OH excluding ortho intramolecular Hbond substituents is 1. The Morgan fingerprint density at radius 1 is 1.21 bits per heavy atom. The molecule has 102 valence electrons. The molecule has 1 saturated heterocycles. The molecule has 1 aliphatic heterocycles. The lowest BCUT2D eigenvalue weighted by molar-refractivity contribution is -0.122. The highest BCUT2D eigenvalue weighted by Gasteiger charge is 2.37. The van der Waals surface area contributed by atoms with Crippen molar-refractivity contribution in [2.45, 2.75) is 40.0 Å². The van der Waals surface area contributed by atoms with E-state index in [9.17, 15) is 14.7 Å². The van der Waals surface area contributed by atoms with E-state index in [1.54, 1.807) is 19.1 Å². The largest absolute Gasteiger partial charge is 0.507 e. The van der Waals surface area contributed by atoms with Gasteiger partial charge in [0.2, 0.25) is 11.8 Å². The van der Waals surface area contributed by atoms with E-state index in [4.69, 9.17) is 0 Å². The number of phenols is 1. The van der Waals surface area contributed by atoms with Gasteiger partial charge in [-0.2, -0.15) is 0 Å². The van der Waals surface area contributed by atoms with Crippen molar-refractivity contribution >= 4 is 17.5 Å². The molecule has 4 heteroatoms. The fourth-order valence-electron chi connectivity index (χ4n) is 2.46. The van der Waals surface area contributed by atoms with Crippen LogP contribution in [0, 0.1) is 5.92 Å². The zero-order chi connectivity index (χ0) is 14.2. The summed E-state index contributed by atoms with van der Waals surface area (Å²) in [6, 6.07) is 3.48. The van der Waals surface area contributed by atoms with Crippen LogP contribution in [0.3, 0.4) is 0 Å². The van der Waals surface area contributed by atoms with Crippen molar-refractivity contribution < 1.29 is 14.7 Å². The Kier molecular flexibility index (Phi) is 3.60. The normalized spacial score (nSPS) is 19.3. The number of benzene rings is 1. The molecule has 0 aromatic heterocycles. The minimum absolute atomic E-state index is 0.153. The number of amides is 2. The van der Waals surface area contributed by atoms with E-state index in [0.29, 0.717) is 18.5 Å². The van der Waals surface area contributed by atoms with Crippen LogP contribution in [0.25, 0.3) is 0 Å². The molecular weight excluding hydrogens is 242 g/mol. The van der Waals surface area contributed by atoms with Gasteiger partial charge in [0.25, 0.3) is 0 Å². The monoisotopic (exact) mass is 261 g/mol. The van der Waals surface area contributed by atoms with E-state index in [0.717, 1.165) is 11.1 Å². The molecule has 1 aromatic rings. The summed E-state index contributed by atoms with van der Waals surface area (Å²) in [5, 5.41) is 10.1. The summed E-state index contributed by atoms with van der Waals surface area (Å²) in [5.41, 5.74) is 2.13. The maximum Gasteiger partial charge on any atom is 0.237 e. The molecule has 1 fully saturated rings. The van der Waals surface area contributed by atoms with Gasteiger partial charge in [0.15, 0.2) is 0 Å². The van der Waals surface area contributed by atoms with E-state index in [1.807, 2.05) is 13.8 Å². The summed E-state index contributed by atoms with van der Waals surface area (Å²) in [6.45, 7) is 5.64. The van der Waals surface area contributed by atoms with Gasteiger partial charge in [0, 0.05) is 12.3 Å². The molecule has 0 radical (unpaired) electrons. The van der Waals surface area contributed by atoms with Crippen LogP contribution in [0.15, 0.2) is 12.1 Å². The molecule has 1 N–H and O–H groups in total. The third-order valence-electron chi connectivity index (χ3n) is 3.64. The van der Waals surface area contributed by atoms with Gasteiger partial charge in [-0.3, -0.25) is 14.5 Å². The van der Waals surface area contributed by atoms with Gasteiger partial charge < -0.3 is 5.11 Å². The fraction of sp³-hybridized carbons (Fsp3) is 0.467. The van der Waals surface area contributed by atoms with E-state index < -0.39 is 0 Å². The summed E-state index contributed by atoms with van der Waals surface area (Å²) in [5.74, 6) is -0.288. The molecular formula is C15H19NO3. The molecule has 1 heterocycles. The van der Waals surface area contributed by atoms with Gasteiger partial charge in [-0.1, -0.05) is 20.8 Å². The van der Waals surface area contributed by atoms with E-state index in [2.05, 4.69) is 0 Å².